The van der Waals surface area contributed by atoms with Crippen molar-refractivity contribution in [3.05, 3.63) is 47.5 Å². The molecule has 1 rings (SSSR count). The monoisotopic (exact) mass is 286 g/mol. The maximum Gasteiger partial charge on any atom is -0.0276 e. The van der Waals surface area contributed by atoms with Crippen LogP contribution in [0, 0.1) is 6.92 Å². The fraction of sp³-hybridized carbons (Fsp3) is 0.619. The molecule has 0 heteroatoms. The van der Waals surface area contributed by atoms with Crippen LogP contribution in [0.2, 0.25) is 0 Å². The molecule has 0 nitrogen and oxygen atoms in total. The Morgan fingerprint density at radius 2 is 1.38 bits per heavy atom. The van der Waals surface area contributed by atoms with Crippen molar-refractivity contribution in [1.82, 2.24) is 0 Å². The third-order valence-electron chi connectivity index (χ3n) is 4.23. The van der Waals surface area contributed by atoms with Gasteiger partial charge in [0.1, 0.15) is 0 Å². The predicted octanol–water partition coefficient (Wildman–Crippen LogP) is 7.01. The Balaban J connectivity index is 1.87. The molecule has 0 N–H and O–H groups in total. The highest BCUT2D eigenvalue weighted by atomic mass is 14.0. The number of aryl methyl sites for hydroxylation is 2. The molecule has 118 valence electrons. The average molecular weight is 287 g/mol. The lowest BCUT2D eigenvalue weighted by atomic mass is 10.0. The summed E-state index contributed by atoms with van der Waals surface area (Å²) < 4.78 is 0. The highest BCUT2D eigenvalue weighted by Crippen LogP contribution is 2.14. The van der Waals surface area contributed by atoms with E-state index in [1.54, 1.807) is 0 Å². The van der Waals surface area contributed by atoms with Gasteiger partial charge in [0.05, 0.1) is 0 Å². The van der Waals surface area contributed by atoms with E-state index in [9.17, 15) is 0 Å². The van der Waals surface area contributed by atoms with Gasteiger partial charge in [-0.1, -0.05) is 81.9 Å². The van der Waals surface area contributed by atoms with Crippen LogP contribution in [0.5, 0.6) is 0 Å². The summed E-state index contributed by atoms with van der Waals surface area (Å²) >= 11 is 0. The van der Waals surface area contributed by atoms with Gasteiger partial charge in [-0.25, -0.2) is 0 Å². The normalized spacial score (nSPS) is 11.3. The number of hydrogen-bond donors (Lipinski definition) is 0. The lowest BCUT2D eigenvalue weighted by Gasteiger charge is -2.05. The van der Waals surface area contributed by atoms with Crippen LogP contribution in [-0.2, 0) is 6.42 Å². The minimum atomic E-state index is 1.18. The lowest BCUT2D eigenvalue weighted by molar-refractivity contribution is 0.569. The van der Waals surface area contributed by atoms with E-state index in [0.29, 0.717) is 0 Å². The van der Waals surface area contributed by atoms with Gasteiger partial charge in [-0.05, 0) is 50.2 Å². The van der Waals surface area contributed by atoms with Crippen LogP contribution >= 0.6 is 0 Å². The average Bonchev–Trinajstić information content (AvgIpc) is 2.50. The Hall–Kier alpha value is -1.04. The number of allylic oxidation sites excluding steroid dienone is 2. The summed E-state index contributed by atoms with van der Waals surface area (Å²) in [5.74, 6) is 0. The molecule has 1 aromatic carbocycles. The van der Waals surface area contributed by atoms with Gasteiger partial charge < -0.3 is 0 Å². The largest absolute Gasteiger partial charge is 0.0888 e. The molecule has 0 aromatic heterocycles. The highest BCUT2D eigenvalue weighted by molar-refractivity contribution is 5.25. The molecule has 0 bridgehead atoms. The number of hydrogen-bond acceptors (Lipinski definition) is 0. The van der Waals surface area contributed by atoms with Gasteiger partial charge in [-0.3, -0.25) is 0 Å². The Morgan fingerprint density at radius 3 is 2.05 bits per heavy atom. The lowest BCUT2D eigenvalue weighted by Crippen LogP contribution is -1.89. The maximum atomic E-state index is 2.34. The second-order valence-corrected chi connectivity index (χ2v) is 6.17. The van der Waals surface area contributed by atoms with Gasteiger partial charge in [0.2, 0.25) is 0 Å². The van der Waals surface area contributed by atoms with Crippen LogP contribution in [0.15, 0.2) is 36.4 Å². The molecule has 0 unspecified atom stereocenters. The number of rotatable bonds is 12. The first-order valence-electron chi connectivity index (χ1n) is 9.04. The van der Waals surface area contributed by atoms with Gasteiger partial charge in [0.15, 0.2) is 0 Å². The molecule has 0 aliphatic carbocycles. The standard InChI is InChI=1S/C21H34/c1-3-4-5-6-7-8-9-10-11-12-13-14-18-21-19-16-15-17-20(21)2/h4-5,15-17,19H,3,6-14,18H2,1-2H3. The van der Waals surface area contributed by atoms with Crippen LogP contribution < -0.4 is 0 Å². The second kappa shape index (κ2) is 12.7. The van der Waals surface area contributed by atoms with E-state index in [4.69, 9.17) is 0 Å². The van der Waals surface area contributed by atoms with E-state index in [0.717, 1.165) is 0 Å². The van der Waals surface area contributed by atoms with Gasteiger partial charge in [-0.15, -0.1) is 0 Å². The van der Waals surface area contributed by atoms with Gasteiger partial charge >= 0.3 is 0 Å². The van der Waals surface area contributed by atoms with Crippen molar-refractivity contribution >= 4 is 0 Å². The molecule has 0 saturated heterocycles. The van der Waals surface area contributed by atoms with Crippen LogP contribution in [0.1, 0.15) is 82.3 Å². The van der Waals surface area contributed by atoms with Crippen LogP contribution in [0.25, 0.3) is 0 Å². The maximum absolute atomic E-state index is 2.34. The molecule has 21 heavy (non-hydrogen) atoms. The zero-order valence-electron chi connectivity index (χ0n) is 14.2. The Kier molecular flexibility index (Phi) is 10.9. The molecule has 0 saturated carbocycles. The first-order valence-corrected chi connectivity index (χ1v) is 9.04. The van der Waals surface area contributed by atoms with Gasteiger partial charge in [0.25, 0.3) is 0 Å². The first-order chi connectivity index (χ1) is 10.3. The fourth-order valence-electron chi connectivity index (χ4n) is 2.81. The Bertz CT molecular complexity index is 375. The molecule has 1 aromatic rings. The molecule has 0 heterocycles. The summed E-state index contributed by atoms with van der Waals surface area (Å²) in [5.41, 5.74) is 2.99. The van der Waals surface area contributed by atoms with Crippen molar-refractivity contribution in [1.29, 1.82) is 0 Å². The van der Waals surface area contributed by atoms with Crippen LogP contribution in [0.4, 0.5) is 0 Å². The minimum Gasteiger partial charge on any atom is -0.0888 e. The quantitative estimate of drug-likeness (QED) is 0.286. The summed E-state index contributed by atoms with van der Waals surface area (Å²) in [6, 6.07) is 8.81. The van der Waals surface area contributed by atoms with E-state index in [-0.39, 0.29) is 0 Å². The first kappa shape index (κ1) is 18.0. The third-order valence-corrected chi connectivity index (χ3v) is 4.23. The molecular formula is C21H34. The van der Waals surface area contributed by atoms with Crippen molar-refractivity contribution in [2.75, 3.05) is 0 Å². The molecule has 0 radical (unpaired) electrons. The molecule has 0 aliphatic rings. The second-order valence-electron chi connectivity index (χ2n) is 6.17. The highest BCUT2D eigenvalue weighted by Gasteiger charge is 1.97. The van der Waals surface area contributed by atoms with E-state index in [1.165, 1.54) is 81.8 Å². The van der Waals surface area contributed by atoms with Gasteiger partial charge in [0, 0.05) is 0 Å². The molecule has 0 atom stereocenters. The van der Waals surface area contributed by atoms with E-state index in [1.807, 2.05) is 0 Å². The number of benzene rings is 1. The molecular weight excluding hydrogens is 252 g/mol. The topological polar surface area (TPSA) is 0 Å². The summed E-state index contributed by atoms with van der Waals surface area (Å²) in [4.78, 5) is 0. The fourth-order valence-corrected chi connectivity index (χ4v) is 2.81. The summed E-state index contributed by atoms with van der Waals surface area (Å²) in [6.07, 6.45) is 19.6. The summed E-state index contributed by atoms with van der Waals surface area (Å²) in [7, 11) is 0. The molecule has 0 aliphatic heterocycles. The minimum absolute atomic E-state index is 1.18. The molecule has 0 spiro atoms. The molecule has 0 amide bonds. The zero-order chi connectivity index (χ0) is 15.2. The summed E-state index contributed by atoms with van der Waals surface area (Å²) in [6.45, 7) is 4.43. The van der Waals surface area contributed by atoms with Crippen molar-refractivity contribution in [3.8, 4) is 0 Å². The number of unbranched alkanes of at least 4 members (excludes halogenated alkanes) is 8. The van der Waals surface area contributed by atoms with Crippen LogP contribution in [0.3, 0.4) is 0 Å². The smallest absolute Gasteiger partial charge is 0.0276 e. The van der Waals surface area contributed by atoms with Crippen molar-refractivity contribution in [2.45, 2.75) is 84.5 Å². The van der Waals surface area contributed by atoms with E-state index >= 15 is 0 Å². The SMILES string of the molecule is CCC=CCCCCCCCCCCc1ccccc1C. The van der Waals surface area contributed by atoms with Crippen LogP contribution in [-0.4, -0.2) is 0 Å². The summed E-state index contributed by atoms with van der Waals surface area (Å²) in [5, 5.41) is 0. The zero-order valence-corrected chi connectivity index (χ0v) is 14.2. The van der Waals surface area contributed by atoms with Crippen molar-refractivity contribution in [2.24, 2.45) is 0 Å². The third kappa shape index (κ3) is 9.50. The Labute approximate surface area is 132 Å². The predicted molar refractivity (Wildman–Crippen MR) is 95.9 cm³/mol. The van der Waals surface area contributed by atoms with Crippen molar-refractivity contribution in [3.63, 3.8) is 0 Å². The van der Waals surface area contributed by atoms with Gasteiger partial charge in [-0.2, -0.15) is 0 Å². The van der Waals surface area contributed by atoms with Crippen molar-refractivity contribution < 1.29 is 0 Å². The molecule has 0 fully saturated rings. The van der Waals surface area contributed by atoms with E-state index < -0.39 is 0 Å². The van der Waals surface area contributed by atoms with E-state index in [2.05, 4.69) is 50.3 Å². The Morgan fingerprint density at radius 1 is 0.762 bits per heavy atom.